The van der Waals surface area contributed by atoms with Crippen LogP contribution in [0.25, 0.3) is 10.4 Å². The quantitative estimate of drug-likeness (QED) is 0.0991. The van der Waals surface area contributed by atoms with E-state index in [4.69, 9.17) is 48.9 Å². The summed E-state index contributed by atoms with van der Waals surface area (Å²) < 4.78 is 58.4. The minimum absolute atomic E-state index is 0.0658. The second-order valence-electron chi connectivity index (χ2n) is 9.69. The lowest BCUT2D eigenvalue weighted by Gasteiger charge is -2.33. The van der Waals surface area contributed by atoms with Crippen LogP contribution in [0.4, 0.5) is 0 Å². The molecule has 6 atom stereocenters. The molecule has 0 bridgehead atoms. The fourth-order valence-electron chi connectivity index (χ4n) is 4.59. The van der Waals surface area contributed by atoms with Crippen LogP contribution < -0.4 is 11.2 Å². The third-order valence-electron chi connectivity index (χ3n) is 6.60. The summed E-state index contributed by atoms with van der Waals surface area (Å²) in [6.45, 7) is 1.38. The van der Waals surface area contributed by atoms with Crippen molar-refractivity contribution in [3.8, 4) is 0 Å². The number of esters is 2. The summed E-state index contributed by atoms with van der Waals surface area (Å²) in [5.41, 5.74) is 5.96. The van der Waals surface area contributed by atoms with Gasteiger partial charge in [0, 0.05) is 41.8 Å². The lowest BCUT2D eigenvalue weighted by molar-refractivity contribution is -0.178. The van der Waals surface area contributed by atoms with Crippen LogP contribution in [0.1, 0.15) is 38.2 Å². The van der Waals surface area contributed by atoms with Crippen LogP contribution in [-0.4, -0.2) is 79.1 Å². The summed E-state index contributed by atoms with van der Waals surface area (Å²) >= 11 is 6.10. The summed E-state index contributed by atoms with van der Waals surface area (Å²) in [5, 5.41) is 4.08. The molecule has 0 amide bonds. The molecule has 18 nitrogen and oxygen atoms in total. The van der Waals surface area contributed by atoms with Crippen molar-refractivity contribution in [1.82, 2.24) is 9.55 Å². The van der Waals surface area contributed by atoms with Crippen LogP contribution in [0.5, 0.6) is 0 Å². The van der Waals surface area contributed by atoms with Gasteiger partial charge in [0.05, 0.1) is 19.3 Å². The molecule has 2 saturated heterocycles. The van der Waals surface area contributed by atoms with E-state index < -0.39 is 81.1 Å². The van der Waals surface area contributed by atoms with E-state index in [-0.39, 0.29) is 19.8 Å². The van der Waals surface area contributed by atoms with Gasteiger partial charge in [0.15, 0.2) is 18.4 Å². The molecule has 3 heterocycles. The van der Waals surface area contributed by atoms with Gasteiger partial charge < -0.3 is 23.7 Å². The second kappa shape index (κ2) is 15.8. The number of phosphoric ester groups is 1. The Labute approximate surface area is 266 Å². The molecular weight excluding hydrogens is 657 g/mol. The van der Waals surface area contributed by atoms with Crippen molar-refractivity contribution >= 4 is 31.4 Å². The maximum absolute atomic E-state index is 13.7. The van der Waals surface area contributed by atoms with E-state index in [9.17, 15) is 29.3 Å². The predicted molar refractivity (Wildman–Crippen MR) is 155 cm³/mol. The van der Waals surface area contributed by atoms with E-state index in [1.165, 1.54) is 0 Å². The molecule has 0 radical (unpaired) electrons. The van der Waals surface area contributed by atoms with Crippen LogP contribution in [0.3, 0.4) is 0 Å². The number of carbonyl (C=O) groups excluding carboxylic acids is 2. The van der Waals surface area contributed by atoms with Crippen molar-refractivity contribution in [3.05, 3.63) is 78.4 Å². The molecule has 1 aromatic carbocycles. The summed E-state index contributed by atoms with van der Waals surface area (Å²) in [5.74, 6) is -1.98. The van der Waals surface area contributed by atoms with Gasteiger partial charge in [-0.25, -0.2) is 18.9 Å². The first-order valence-corrected chi connectivity index (χ1v) is 15.8. The Morgan fingerprint density at radius 3 is 2.54 bits per heavy atom. The lowest BCUT2D eigenvalue weighted by Crippen LogP contribution is -2.49. The molecule has 2 fully saturated rings. The van der Waals surface area contributed by atoms with Crippen molar-refractivity contribution in [2.24, 2.45) is 5.11 Å². The number of aromatic nitrogens is 2. The van der Waals surface area contributed by atoms with E-state index in [1.807, 2.05) is 4.98 Å². The Bertz CT molecular complexity index is 1610. The first-order valence-electron chi connectivity index (χ1n) is 14.0. The zero-order valence-electron chi connectivity index (χ0n) is 24.6. The number of rotatable bonds is 14. The number of hydrogen-bond donors (Lipinski definition) is 1. The van der Waals surface area contributed by atoms with Gasteiger partial charge in [0.2, 0.25) is 5.72 Å². The van der Waals surface area contributed by atoms with E-state index >= 15 is 0 Å². The zero-order chi connectivity index (χ0) is 33.3. The number of benzene rings is 1. The van der Waals surface area contributed by atoms with E-state index in [1.54, 1.807) is 38.1 Å². The number of azide groups is 1. The second-order valence-corrected chi connectivity index (χ2v) is 11.7. The minimum atomic E-state index is -4.43. The van der Waals surface area contributed by atoms with Crippen LogP contribution in [0, 0.1) is 0 Å². The van der Waals surface area contributed by atoms with E-state index in [0.29, 0.717) is 17.0 Å². The number of hydrogen-bond acceptors (Lipinski definition) is 14. The molecule has 46 heavy (non-hydrogen) atoms. The molecular formula is C26H31ClN5O13P. The molecule has 1 aromatic heterocycles. The molecule has 0 saturated carbocycles. The van der Waals surface area contributed by atoms with Gasteiger partial charge in [-0.1, -0.05) is 28.8 Å². The van der Waals surface area contributed by atoms with Crippen LogP contribution in [0.2, 0.25) is 5.02 Å². The third kappa shape index (κ3) is 8.61. The van der Waals surface area contributed by atoms with E-state index in [0.717, 1.165) is 16.8 Å². The molecule has 1 N–H and O–H groups in total. The van der Waals surface area contributed by atoms with E-state index in [2.05, 4.69) is 10.0 Å². The van der Waals surface area contributed by atoms with Crippen molar-refractivity contribution in [1.29, 1.82) is 0 Å². The Hall–Kier alpha value is -3.57. The standard InChI is InChI=1S/C26H31ClN5O13P/c1-3-38-13-20(34)42-22-23(43-21(35)14-39-4-2)26(30-31-28,44-24(22)32-10-8-19(33)29-25(32)36)15-41-46(37)40-11-9-18(45-46)16-6-5-7-17(27)12-16/h5-8,10,12,18,22-24H,3-4,9,11,13-15H2,1-2H3,(H,29,33,36)/t18-,22+,23-,24+,26+,46+/m0/s1. The molecule has 20 heteroatoms. The fraction of sp³-hybridized carbons (Fsp3) is 0.538. The number of aromatic amines is 1. The Balaban J connectivity index is 1.73. The number of carbonyl (C=O) groups is 2. The fourth-order valence-corrected chi connectivity index (χ4v) is 6.19. The van der Waals surface area contributed by atoms with Gasteiger partial charge in [-0.3, -0.25) is 27.9 Å². The topological polar surface area (TPSA) is 229 Å². The van der Waals surface area contributed by atoms with Gasteiger partial charge in [-0.2, -0.15) is 0 Å². The smallest absolute Gasteiger partial charge is 0.453 e. The Morgan fingerprint density at radius 2 is 1.89 bits per heavy atom. The average molecular weight is 688 g/mol. The zero-order valence-corrected chi connectivity index (χ0v) is 26.3. The number of halogens is 1. The molecule has 2 aliphatic heterocycles. The van der Waals surface area contributed by atoms with Gasteiger partial charge in [-0.05, 0) is 37.1 Å². The summed E-state index contributed by atoms with van der Waals surface area (Å²) in [6.07, 6.45) is -4.71. The first-order chi connectivity index (χ1) is 22.0. The van der Waals surface area contributed by atoms with Gasteiger partial charge in [0.1, 0.15) is 13.2 Å². The highest BCUT2D eigenvalue weighted by Gasteiger charge is 2.61. The highest BCUT2D eigenvalue weighted by molar-refractivity contribution is 7.48. The van der Waals surface area contributed by atoms with Gasteiger partial charge in [0.25, 0.3) is 5.56 Å². The van der Waals surface area contributed by atoms with Crippen LogP contribution >= 0.6 is 19.4 Å². The molecule has 0 spiro atoms. The van der Waals surface area contributed by atoms with Crippen molar-refractivity contribution < 1.29 is 51.4 Å². The SMILES string of the molecule is CCOCC(=O)O[C@H]1[C@H](n2ccc(=O)[nH]c2=O)O[C@@](CO[P@@]2(=O)OCC[C@@H](c3cccc(Cl)c3)O2)(N=[N+]=[N-])[C@H]1OC(=O)COCC. The lowest BCUT2D eigenvalue weighted by atomic mass is 10.1. The molecule has 0 unspecified atom stereocenters. The van der Waals surface area contributed by atoms with Gasteiger partial charge >= 0.3 is 25.5 Å². The monoisotopic (exact) mass is 687 g/mol. The first kappa shape index (κ1) is 35.3. The molecule has 2 aromatic rings. The summed E-state index contributed by atoms with van der Waals surface area (Å²) in [7, 11) is -4.43. The molecule has 0 aliphatic carbocycles. The van der Waals surface area contributed by atoms with Crippen molar-refractivity contribution in [3.63, 3.8) is 0 Å². The molecule has 250 valence electrons. The maximum atomic E-state index is 13.7. The van der Waals surface area contributed by atoms with Crippen LogP contribution in [-0.2, 0) is 51.4 Å². The van der Waals surface area contributed by atoms with Crippen molar-refractivity contribution in [2.75, 3.05) is 39.6 Å². The summed E-state index contributed by atoms with van der Waals surface area (Å²) in [6, 6.07) is 7.62. The van der Waals surface area contributed by atoms with Crippen LogP contribution in [0.15, 0.2) is 51.2 Å². The number of phosphoric acid groups is 1. The predicted octanol–water partition coefficient (Wildman–Crippen LogP) is 2.92. The largest absolute Gasteiger partial charge is 0.475 e. The number of H-pyrrole nitrogens is 1. The number of nitrogens with one attached hydrogen (secondary N) is 1. The Kier molecular flexibility index (Phi) is 12.1. The van der Waals surface area contributed by atoms with Crippen molar-refractivity contribution in [2.45, 2.75) is 50.5 Å². The normalized spacial score (nSPS) is 27.5. The Morgan fingerprint density at radius 1 is 1.17 bits per heavy atom. The minimum Gasteiger partial charge on any atom is -0.453 e. The highest BCUT2D eigenvalue weighted by atomic mass is 35.5. The molecule has 2 aliphatic rings. The average Bonchev–Trinajstić information content (AvgIpc) is 3.30. The highest BCUT2D eigenvalue weighted by Crippen LogP contribution is 2.58. The number of nitrogens with zero attached hydrogens (tertiary/aromatic N) is 4. The van der Waals surface area contributed by atoms with Gasteiger partial charge in [-0.15, -0.1) is 0 Å². The third-order valence-corrected chi connectivity index (χ3v) is 8.29. The number of ether oxygens (including phenoxy) is 5. The maximum Gasteiger partial charge on any atom is 0.475 e. The summed E-state index contributed by atoms with van der Waals surface area (Å²) in [4.78, 5) is 55.0. The molecule has 4 rings (SSSR count).